The van der Waals surface area contributed by atoms with Crippen molar-refractivity contribution in [2.24, 2.45) is 0 Å². The molecule has 0 aromatic heterocycles. The van der Waals surface area contributed by atoms with Crippen molar-refractivity contribution in [2.75, 3.05) is 0 Å². The van der Waals surface area contributed by atoms with Crippen LogP contribution in [0, 0.1) is 14.1 Å². The van der Waals surface area contributed by atoms with Crippen molar-refractivity contribution in [2.45, 2.75) is 13.5 Å². The summed E-state index contributed by atoms with van der Waals surface area (Å²) in [5, 5.41) is 0.696. The predicted octanol–water partition coefficient (Wildman–Crippen LogP) is 7.33. The lowest BCUT2D eigenvalue weighted by Crippen LogP contribution is -2.00. The lowest BCUT2D eigenvalue weighted by molar-refractivity contribution is 0.104. The van der Waals surface area contributed by atoms with Crippen LogP contribution in [-0.2, 0) is 6.61 Å². The number of benzene rings is 3. The van der Waals surface area contributed by atoms with E-state index in [-0.39, 0.29) is 5.78 Å². The Balaban J connectivity index is 1.73. The standard InChI is InChI=1S/C23H17ClI2O2/c1-15-6-9-17(10-7-15)22(27)11-8-16-12-20(25)23(21(26)13-16)28-14-18-4-2-3-5-19(18)24/h2-13H,14H2,1H3/b11-8+. The third-order valence-electron chi connectivity index (χ3n) is 4.11. The number of rotatable bonds is 6. The second-order valence-corrected chi connectivity index (χ2v) is 8.99. The van der Waals surface area contributed by atoms with E-state index in [4.69, 9.17) is 16.3 Å². The van der Waals surface area contributed by atoms with E-state index in [1.807, 2.05) is 73.7 Å². The van der Waals surface area contributed by atoms with Gasteiger partial charge in [0.05, 0.1) is 7.14 Å². The van der Waals surface area contributed by atoms with Gasteiger partial charge in [0.1, 0.15) is 12.4 Å². The van der Waals surface area contributed by atoms with Crippen LogP contribution >= 0.6 is 56.8 Å². The second-order valence-electron chi connectivity index (χ2n) is 6.26. The Bertz CT molecular complexity index is 1000. The molecule has 3 aromatic carbocycles. The van der Waals surface area contributed by atoms with Crippen LogP contribution in [0.4, 0.5) is 0 Å². The molecule has 0 spiro atoms. The second kappa shape index (κ2) is 9.89. The number of carbonyl (C=O) groups excluding carboxylic acids is 1. The summed E-state index contributed by atoms with van der Waals surface area (Å²) in [5.41, 5.74) is 3.73. The number of hydrogen-bond acceptors (Lipinski definition) is 2. The third-order valence-corrected chi connectivity index (χ3v) is 6.09. The first-order valence-corrected chi connectivity index (χ1v) is 11.1. The molecule has 0 saturated carbocycles. The Kier molecular flexibility index (Phi) is 7.54. The van der Waals surface area contributed by atoms with E-state index in [0.29, 0.717) is 17.2 Å². The Labute approximate surface area is 197 Å². The van der Waals surface area contributed by atoms with Gasteiger partial charge >= 0.3 is 0 Å². The Hall–Kier alpha value is -1.38. The summed E-state index contributed by atoms with van der Waals surface area (Å²) in [6.45, 7) is 2.41. The third kappa shape index (κ3) is 5.58. The minimum Gasteiger partial charge on any atom is -0.487 e. The minimum atomic E-state index is -0.0101. The van der Waals surface area contributed by atoms with E-state index >= 15 is 0 Å². The molecule has 0 aliphatic rings. The summed E-state index contributed by atoms with van der Waals surface area (Å²) >= 11 is 10.7. The molecule has 0 aliphatic heterocycles. The smallest absolute Gasteiger partial charge is 0.185 e. The zero-order chi connectivity index (χ0) is 20.1. The lowest BCUT2D eigenvalue weighted by Gasteiger charge is -2.12. The number of allylic oxidation sites excluding steroid dienone is 1. The van der Waals surface area contributed by atoms with E-state index in [0.717, 1.165) is 29.6 Å². The molecule has 0 aliphatic carbocycles. The van der Waals surface area contributed by atoms with Crippen molar-refractivity contribution >= 4 is 68.6 Å². The fourth-order valence-corrected chi connectivity index (χ4v) is 4.88. The van der Waals surface area contributed by atoms with Gasteiger partial charge in [0.25, 0.3) is 0 Å². The Morgan fingerprint density at radius 1 is 1.04 bits per heavy atom. The van der Waals surface area contributed by atoms with Crippen LogP contribution < -0.4 is 4.74 Å². The van der Waals surface area contributed by atoms with Crippen molar-refractivity contribution in [1.82, 2.24) is 0 Å². The van der Waals surface area contributed by atoms with Gasteiger partial charge in [-0.25, -0.2) is 0 Å². The monoisotopic (exact) mass is 614 g/mol. The predicted molar refractivity (Wildman–Crippen MR) is 132 cm³/mol. The quantitative estimate of drug-likeness (QED) is 0.165. The van der Waals surface area contributed by atoms with Crippen molar-refractivity contribution in [3.05, 3.63) is 101 Å². The molecule has 0 atom stereocenters. The van der Waals surface area contributed by atoms with E-state index in [9.17, 15) is 4.79 Å². The maximum atomic E-state index is 12.3. The zero-order valence-electron chi connectivity index (χ0n) is 15.1. The largest absolute Gasteiger partial charge is 0.487 e. The first-order valence-electron chi connectivity index (χ1n) is 8.58. The van der Waals surface area contributed by atoms with Crippen LogP contribution in [0.1, 0.15) is 27.0 Å². The molecule has 3 rings (SSSR count). The molecule has 0 N–H and O–H groups in total. The van der Waals surface area contributed by atoms with Crippen LogP contribution in [0.2, 0.25) is 5.02 Å². The number of ether oxygens (including phenoxy) is 1. The number of hydrogen-bond donors (Lipinski definition) is 0. The van der Waals surface area contributed by atoms with Crippen molar-refractivity contribution in [1.29, 1.82) is 0 Å². The van der Waals surface area contributed by atoms with Gasteiger partial charge < -0.3 is 4.74 Å². The fraction of sp³-hybridized carbons (Fsp3) is 0.0870. The van der Waals surface area contributed by atoms with Gasteiger partial charge in [-0.2, -0.15) is 0 Å². The normalized spacial score (nSPS) is 11.0. The molecule has 0 unspecified atom stereocenters. The van der Waals surface area contributed by atoms with Crippen LogP contribution in [0.25, 0.3) is 6.08 Å². The molecule has 0 fully saturated rings. The lowest BCUT2D eigenvalue weighted by atomic mass is 10.1. The van der Waals surface area contributed by atoms with E-state index in [1.165, 1.54) is 0 Å². The van der Waals surface area contributed by atoms with Crippen LogP contribution in [0.15, 0.2) is 66.7 Å². The molecular weight excluding hydrogens is 598 g/mol. The highest BCUT2D eigenvalue weighted by molar-refractivity contribution is 14.1. The van der Waals surface area contributed by atoms with Crippen LogP contribution in [-0.4, -0.2) is 5.78 Å². The summed E-state index contributed by atoms with van der Waals surface area (Å²) in [6.07, 6.45) is 3.45. The SMILES string of the molecule is Cc1ccc(C(=O)/C=C/c2cc(I)c(OCc3ccccc3Cl)c(I)c2)cc1. The van der Waals surface area contributed by atoms with Crippen molar-refractivity contribution in [3.63, 3.8) is 0 Å². The summed E-state index contributed by atoms with van der Waals surface area (Å²) in [6, 6.07) is 19.2. The Morgan fingerprint density at radius 2 is 1.68 bits per heavy atom. The molecule has 0 radical (unpaired) electrons. The van der Waals surface area contributed by atoms with Crippen LogP contribution in [0.3, 0.4) is 0 Å². The zero-order valence-corrected chi connectivity index (χ0v) is 20.2. The first kappa shape index (κ1) is 21.3. The fourth-order valence-electron chi connectivity index (χ4n) is 2.56. The number of carbonyl (C=O) groups is 1. The highest BCUT2D eigenvalue weighted by Gasteiger charge is 2.10. The van der Waals surface area contributed by atoms with Crippen molar-refractivity contribution < 1.29 is 9.53 Å². The topological polar surface area (TPSA) is 26.3 Å². The number of aryl methyl sites for hydroxylation is 1. The maximum Gasteiger partial charge on any atom is 0.185 e. The molecule has 0 heterocycles. The first-order chi connectivity index (χ1) is 13.4. The van der Waals surface area contributed by atoms with Gasteiger partial charge in [-0.3, -0.25) is 4.79 Å². The van der Waals surface area contributed by atoms with Gasteiger partial charge in [-0.15, -0.1) is 0 Å². The molecular formula is C23H17ClI2O2. The van der Waals surface area contributed by atoms with Crippen LogP contribution in [0.5, 0.6) is 5.75 Å². The highest BCUT2D eigenvalue weighted by Crippen LogP contribution is 2.31. The Morgan fingerprint density at radius 3 is 2.32 bits per heavy atom. The molecule has 142 valence electrons. The van der Waals surface area contributed by atoms with E-state index < -0.39 is 0 Å². The van der Waals surface area contributed by atoms with Gasteiger partial charge in [-0.1, -0.05) is 65.7 Å². The van der Waals surface area contributed by atoms with Gasteiger partial charge in [0.2, 0.25) is 0 Å². The summed E-state index contributed by atoms with van der Waals surface area (Å²) in [7, 11) is 0. The highest BCUT2D eigenvalue weighted by atomic mass is 127. The molecule has 0 saturated heterocycles. The number of halogens is 3. The van der Waals surface area contributed by atoms with Gasteiger partial charge in [0, 0.05) is 16.1 Å². The van der Waals surface area contributed by atoms with Gasteiger partial charge in [-0.05, 0) is 81.9 Å². The molecule has 0 bridgehead atoms. The summed E-state index contributed by atoms with van der Waals surface area (Å²) < 4.78 is 7.98. The molecule has 28 heavy (non-hydrogen) atoms. The molecule has 0 amide bonds. The summed E-state index contributed by atoms with van der Waals surface area (Å²) in [5.74, 6) is 0.812. The number of ketones is 1. The average molecular weight is 615 g/mol. The maximum absolute atomic E-state index is 12.3. The molecule has 3 aromatic rings. The van der Waals surface area contributed by atoms with Crippen molar-refractivity contribution in [3.8, 4) is 5.75 Å². The van der Waals surface area contributed by atoms with E-state index in [2.05, 4.69) is 45.2 Å². The minimum absolute atomic E-state index is 0.0101. The van der Waals surface area contributed by atoms with E-state index in [1.54, 1.807) is 6.08 Å². The molecule has 2 nitrogen and oxygen atoms in total. The average Bonchev–Trinajstić information content (AvgIpc) is 2.67. The molecule has 5 heteroatoms. The summed E-state index contributed by atoms with van der Waals surface area (Å²) in [4.78, 5) is 12.3. The van der Waals surface area contributed by atoms with Gasteiger partial charge in [0.15, 0.2) is 5.78 Å².